The van der Waals surface area contributed by atoms with Gasteiger partial charge in [-0.25, -0.2) is 0 Å². The molecule has 19 heavy (non-hydrogen) atoms. The molecule has 0 aromatic heterocycles. The van der Waals surface area contributed by atoms with E-state index in [1.807, 2.05) is 0 Å². The molecular weight excluding hydrogens is 260 g/mol. The first-order valence-corrected chi connectivity index (χ1v) is 7.39. The largest absolute Gasteiger partial charge is 0.457 e. The minimum atomic E-state index is -0.216. The van der Waals surface area contributed by atoms with Crippen molar-refractivity contribution in [2.45, 2.75) is 89.3 Å². The highest BCUT2D eigenvalue weighted by Crippen LogP contribution is 2.39. The maximum atomic E-state index is 6.46. The van der Waals surface area contributed by atoms with E-state index >= 15 is 0 Å². The molecule has 1 aliphatic heterocycles. The van der Waals surface area contributed by atoms with Crippen LogP contribution in [0.5, 0.6) is 0 Å². The Morgan fingerprint density at radius 1 is 0.947 bits per heavy atom. The van der Waals surface area contributed by atoms with Crippen LogP contribution in [0.3, 0.4) is 0 Å². The van der Waals surface area contributed by atoms with Gasteiger partial charge in [-0.2, -0.15) is 0 Å². The molecule has 0 aromatic carbocycles. The van der Waals surface area contributed by atoms with Gasteiger partial charge < -0.3 is 15.0 Å². The fourth-order valence-corrected chi connectivity index (χ4v) is 2.99. The maximum Gasteiger partial charge on any atom is 0.457 e. The lowest BCUT2D eigenvalue weighted by Crippen LogP contribution is -2.42. The molecule has 0 aromatic rings. The van der Waals surface area contributed by atoms with E-state index in [2.05, 4.69) is 27.7 Å². The first kappa shape index (κ1) is 17.3. The van der Waals surface area contributed by atoms with Crippen LogP contribution in [0.1, 0.15) is 66.2 Å². The minimum Gasteiger partial charge on any atom is -0.403 e. The van der Waals surface area contributed by atoms with E-state index in [0.29, 0.717) is 0 Å². The van der Waals surface area contributed by atoms with Gasteiger partial charge in [0.1, 0.15) is 0 Å². The molecule has 2 aliphatic rings. The topological polar surface area (TPSA) is 44.5 Å². The van der Waals surface area contributed by atoms with Gasteiger partial charge in [-0.3, -0.25) is 0 Å². The summed E-state index contributed by atoms with van der Waals surface area (Å²) < 4.78 is 12.0. The van der Waals surface area contributed by atoms with Crippen molar-refractivity contribution in [1.29, 1.82) is 0 Å². The molecular formula is C14H29BClNO2. The van der Waals surface area contributed by atoms with Gasteiger partial charge in [0.15, 0.2) is 0 Å². The summed E-state index contributed by atoms with van der Waals surface area (Å²) in [6, 6.07) is 0. The zero-order valence-corrected chi connectivity index (χ0v) is 13.6. The average Bonchev–Trinajstić information content (AvgIpc) is 2.46. The monoisotopic (exact) mass is 289 g/mol. The fourth-order valence-electron chi connectivity index (χ4n) is 2.99. The Hall–Kier alpha value is 0.235. The van der Waals surface area contributed by atoms with Crippen molar-refractivity contribution in [3.63, 3.8) is 0 Å². The van der Waals surface area contributed by atoms with Crippen molar-refractivity contribution in [3.05, 3.63) is 0 Å². The lowest BCUT2D eigenvalue weighted by molar-refractivity contribution is 0.00578. The van der Waals surface area contributed by atoms with E-state index in [-0.39, 0.29) is 36.3 Å². The predicted molar refractivity (Wildman–Crippen MR) is 82.8 cm³/mol. The molecule has 112 valence electrons. The van der Waals surface area contributed by atoms with Gasteiger partial charge in [0, 0.05) is 5.54 Å². The van der Waals surface area contributed by atoms with Crippen molar-refractivity contribution in [2.75, 3.05) is 0 Å². The number of hydrogen-bond acceptors (Lipinski definition) is 3. The maximum absolute atomic E-state index is 6.46. The van der Waals surface area contributed by atoms with Crippen molar-refractivity contribution < 1.29 is 9.31 Å². The van der Waals surface area contributed by atoms with E-state index in [0.717, 1.165) is 25.6 Å². The van der Waals surface area contributed by atoms with Gasteiger partial charge >= 0.3 is 7.12 Å². The van der Waals surface area contributed by atoms with E-state index in [1.54, 1.807) is 0 Å². The summed E-state index contributed by atoms with van der Waals surface area (Å²) in [5.74, 6) is 0. The van der Waals surface area contributed by atoms with Crippen LogP contribution in [0, 0.1) is 0 Å². The second-order valence-corrected chi connectivity index (χ2v) is 7.15. The van der Waals surface area contributed by atoms with Crippen molar-refractivity contribution in [1.82, 2.24) is 0 Å². The number of nitrogens with two attached hydrogens (primary N) is 1. The average molecular weight is 290 g/mol. The third-order valence-electron chi connectivity index (χ3n) is 5.03. The summed E-state index contributed by atoms with van der Waals surface area (Å²) in [6.07, 6.45) is 8.15. The van der Waals surface area contributed by atoms with Crippen LogP contribution >= 0.6 is 12.4 Å². The normalized spacial score (nSPS) is 27.9. The highest BCUT2D eigenvalue weighted by atomic mass is 35.5. The Kier molecular flexibility index (Phi) is 5.39. The summed E-state index contributed by atoms with van der Waals surface area (Å²) >= 11 is 0. The second kappa shape index (κ2) is 5.93. The first-order valence-electron chi connectivity index (χ1n) is 7.39. The van der Waals surface area contributed by atoms with Crippen LogP contribution in [0.2, 0.25) is 6.32 Å². The molecule has 0 amide bonds. The molecule has 2 rings (SSSR count). The van der Waals surface area contributed by atoms with Gasteiger partial charge in [-0.15, -0.1) is 12.4 Å². The van der Waals surface area contributed by atoms with E-state index < -0.39 is 0 Å². The smallest absolute Gasteiger partial charge is 0.403 e. The molecule has 5 heteroatoms. The second-order valence-electron chi connectivity index (χ2n) is 7.15. The summed E-state index contributed by atoms with van der Waals surface area (Å²) in [6.45, 7) is 8.41. The molecule has 0 radical (unpaired) electrons. The SMILES string of the molecule is CC1(C)OB(CCC2(N)CCCCC2)OC1(C)C.Cl. The van der Waals surface area contributed by atoms with Crippen molar-refractivity contribution >= 4 is 19.5 Å². The van der Waals surface area contributed by atoms with Gasteiger partial charge in [-0.05, 0) is 53.3 Å². The predicted octanol–water partition coefficient (Wildman–Crippen LogP) is 3.55. The van der Waals surface area contributed by atoms with Crippen LogP contribution in [-0.4, -0.2) is 23.9 Å². The lowest BCUT2D eigenvalue weighted by Gasteiger charge is -2.33. The first-order chi connectivity index (χ1) is 8.24. The van der Waals surface area contributed by atoms with Crippen LogP contribution in [0.15, 0.2) is 0 Å². The van der Waals surface area contributed by atoms with Crippen LogP contribution in [-0.2, 0) is 9.31 Å². The van der Waals surface area contributed by atoms with Crippen LogP contribution in [0.25, 0.3) is 0 Å². The molecule has 2 fully saturated rings. The Morgan fingerprint density at radius 2 is 1.42 bits per heavy atom. The third-order valence-corrected chi connectivity index (χ3v) is 5.03. The van der Waals surface area contributed by atoms with Gasteiger partial charge in [0.2, 0.25) is 0 Å². The molecule has 1 heterocycles. The number of halogens is 1. The highest BCUT2D eigenvalue weighted by molar-refractivity contribution is 6.45. The number of rotatable bonds is 3. The van der Waals surface area contributed by atoms with Crippen LogP contribution < -0.4 is 5.73 Å². The van der Waals surface area contributed by atoms with Gasteiger partial charge in [0.05, 0.1) is 11.2 Å². The summed E-state index contributed by atoms with van der Waals surface area (Å²) in [4.78, 5) is 0. The zero-order valence-electron chi connectivity index (χ0n) is 12.8. The Bertz CT molecular complexity index is 288. The molecule has 1 aliphatic carbocycles. The molecule has 3 nitrogen and oxygen atoms in total. The van der Waals surface area contributed by atoms with Gasteiger partial charge in [-0.1, -0.05) is 19.3 Å². The fraction of sp³-hybridized carbons (Fsp3) is 1.00. The van der Waals surface area contributed by atoms with Crippen molar-refractivity contribution in [2.24, 2.45) is 5.73 Å². The lowest BCUT2D eigenvalue weighted by atomic mass is 9.72. The molecule has 0 spiro atoms. The van der Waals surface area contributed by atoms with Gasteiger partial charge in [0.25, 0.3) is 0 Å². The summed E-state index contributed by atoms with van der Waals surface area (Å²) in [5, 5.41) is 0. The van der Waals surface area contributed by atoms with E-state index in [9.17, 15) is 0 Å². The molecule has 1 saturated carbocycles. The van der Waals surface area contributed by atoms with E-state index in [4.69, 9.17) is 15.0 Å². The third kappa shape index (κ3) is 3.87. The summed E-state index contributed by atoms with van der Waals surface area (Å²) in [5.41, 5.74) is 6.06. The quantitative estimate of drug-likeness (QED) is 0.808. The van der Waals surface area contributed by atoms with Crippen molar-refractivity contribution in [3.8, 4) is 0 Å². The Labute approximate surface area is 124 Å². The molecule has 2 N–H and O–H groups in total. The molecule has 0 unspecified atom stereocenters. The standard InChI is InChI=1S/C14H28BNO2.ClH/c1-12(2)13(3,4)18-15(17-12)11-10-14(16)8-6-5-7-9-14;/h5-11,16H2,1-4H3;1H. The minimum absolute atomic E-state index is 0. The molecule has 0 atom stereocenters. The molecule has 1 saturated heterocycles. The Morgan fingerprint density at radius 3 is 1.89 bits per heavy atom. The highest BCUT2D eigenvalue weighted by Gasteiger charge is 2.51. The summed E-state index contributed by atoms with van der Waals surface area (Å²) in [7, 11) is -0.0858. The molecule has 0 bridgehead atoms. The zero-order chi connectivity index (χ0) is 13.4. The van der Waals surface area contributed by atoms with E-state index in [1.165, 1.54) is 19.3 Å². The van der Waals surface area contributed by atoms with Crippen LogP contribution in [0.4, 0.5) is 0 Å². The Balaban J connectivity index is 0.00000180. The number of hydrogen-bond donors (Lipinski definition) is 1.